The van der Waals surface area contributed by atoms with Crippen molar-refractivity contribution in [2.75, 3.05) is 13.2 Å². The molecular formula is C24H24BrNO4S. The van der Waals surface area contributed by atoms with Crippen molar-refractivity contribution in [2.24, 2.45) is 0 Å². The lowest BCUT2D eigenvalue weighted by molar-refractivity contribution is -0.123. The Morgan fingerprint density at radius 2 is 1.81 bits per heavy atom. The first-order chi connectivity index (χ1) is 15.0. The van der Waals surface area contributed by atoms with Gasteiger partial charge >= 0.3 is 0 Å². The number of carbonyl (C=O) groups excluding carboxylic acids is 2. The number of ether oxygens (including phenoxy) is 2. The van der Waals surface area contributed by atoms with Gasteiger partial charge in [-0.15, -0.1) is 6.58 Å². The van der Waals surface area contributed by atoms with Gasteiger partial charge in [0.15, 0.2) is 11.5 Å². The molecule has 31 heavy (non-hydrogen) atoms. The largest absolute Gasteiger partial charge is 0.490 e. The molecule has 0 radical (unpaired) electrons. The summed E-state index contributed by atoms with van der Waals surface area (Å²) in [5.74, 6) is 1.00. The molecule has 0 spiro atoms. The molecule has 1 heterocycles. The summed E-state index contributed by atoms with van der Waals surface area (Å²) < 4.78 is 12.5. The molecular weight excluding hydrogens is 478 g/mol. The van der Waals surface area contributed by atoms with Crippen molar-refractivity contribution in [2.45, 2.75) is 26.8 Å². The van der Waals surface area contributed by atoms with Crippen molar-refractivity contribution in [3.05, 3.63) is 75.1 Å². The Balaban J connectivity index is 1.91. The van der Waals surface area contributed by atoms with Gasteiger partial charge in [0.25, 0.3) is 11.1 Å². The van der Waals surface area contributed by atoms with E-state index in [4.69, 9.17) is 9.47 Å². The summed E-state index contributed by atoms with van der Waals surface area (Å²) in [6.45, 7) is 8.88. The van der Waals surface area contributed by atoms with Gasteiger partial charge in [-0.3, -0.25) is 14.5 Å². The maximum absolute atomic E-state index is 12.9. The fourth-order valence-corrected chi connectivity index (χ4v) is 4.31. The highest BCUT2D eigenvalue weighted by Gasteiger charge is 2.35. The Morgan fingerprint density at radius 1 is 1.10 bits per heavy atom. The number of nitrogens with zero attached hydrogens (tertiary/aromatic N) is 1. The number of hydrogen-bond donors (Lipinski definition) is 0. The molecule has 7 heteroatoms. The molecule has 0 aliphatic carbocycles. The SMILES string of the molecule is C=CCc1cc(/C=C2\SC(=O)N(Cc3ccc(Br)cc3)C2=O)cc(OCC)c1OCC. The third kappa shape index (κ3) is 5.60. The van der Waals surface area contributed by atoms with E-state index in [0.29, 0.717) is 36.0 Å². The Kier molecular flexibility index (Phi) is 7.98. The van der Waals surface area contributed by atoms with Crippen LogP contribution in [0.2, 0.25) is 0 Å². The van der Waals surface area contributed by atoms with Crippen LogP contribution >= 0.6 is 27.7 Å². The normalized spacial score (nSPS) is 14.9. The lowest BCUT2D eigenvalue weighted by Gasteiger charge is -2.16. The highest BCUT2D eigenvalue weighted by atomic mass is 79.9. The monoisotopic (exact) mass is 501 g/mol. The molecule has 5 nitrogen and oxygen atoms in total. The zero-order valence-corrected chi connectivity index (χ0v) is 19.9. The third-order valence-corrected chi connectivity index (χ3v) is 5.97. The van der Waals surface area contributed by atoms with Crippen molar-refractivity contribution in [1.82, 2.24) is 4.90 Å². The lowest BCUT2D eigenvalue weighted by Crippen LogP contribution is -2.27. The molecule has 0 atom stereocenters. The summed E-state index contributed by atoms with van der Waals surface area (Å²) >= 11 is 4.34. The summed E-state index contributed by atoms with van der Waals surface area (Å²) in [5.41, 5.74) is 2.58. The Bertz CT molecular complexity index is 1020. The van der Waals surface area contributed by atoms with Crippen LogP contribution in [0.25, 0.3) is 6.08 Å². The Hall–Kier alpha value is -2.51. The van der Waals surface area contributed by atoms with Crippen molar-refractivity contribution >= 4 is 44.9 Å². The fraction of sp³-hybridized carbons (Fsp3) is 0.250. The summed E-state index contributed by atoms with van der Waals surface area (Å²) in [6.07, 6.45) is 4.13. The number of carbonyl (C=O) groups is 2. The van der Waals surface area contributed by atoms with Gasteiger partial charge in [-0.1, -0.05) is 34.1 Å². The van der Waals surface area contributed by atoms with Crippen LogP contribution in [-0.4, -0.2) is 29.3 Å². The zero-order chi connectivity index (χ0) is 22.4. The maximum atomic E-state index is 12.9. The van der Waals surface area contributed by atoms with Crippen molar-refractivity contribution in [3.63, 3.8) is 0 Å². The number of imide groups is 1. The summed E-state index contributed by atoms with van der Waals surface area (Å²) in [5, 5.41) is -0.276. The molecule has 2 aromatic carbocycles. The molecule has 0 aromatic heterocycles. The first-order valence-corrected chi connectivity index (χ1v) is 11.6. The van der Waals surface area contributed by atoms with E-state index in [0.717, 1.165) is 32.9 Å². The van der Waals surface area contributed by atoms with E-state index in [-0.39, 0.29) is 17.7 Å². The standard InChI is InChI=1S/C24H24BrNO4S/c1-4-7-18-12-17(13-20(29-5-2)22(18)30-6-3)14-21-23(27)26(24(28)31-21)15-16-8-10-19(25)11-9-16/h4,8-14H,1,5-7,15H2,2-3H3/b21-14-. The molecule has 162 valence electrons. The molecule has 0 saturated carbocycles. The van der Waals surface area contributed by atoms with Crippen LogP contribution in [0.3, 0.4) is 0 Å². The average molecular weight is 502 g/mol. The van der Waals surface area contributed by atoms with Gasteiger partial charge in [-0.05, 0) is 73.5 Å². The summed E-state index contributed by atoms with van der Waals surface area (Å²) in [7, 11) is 0. The van der Waals surface area contributed by atoms with E-state index < -0.39 is 0 Å². The van der Waals surface area contributed by atoms with Gasteiger partial charge in [-0.25, -0.2) is 0 Å². The summed E-state index contributed by atoms with van der Waals surface area (Å²) in [4.78, 5) is 27.1. The smallest absolute Gasteiger partial charge is 0.293 e. The van der Waals surface area contributed by atoms with Crippen LogP contribution in [0.1, 0.15) is 30.5 Å². The lowest BCUT2D eigenvalue weighted by atomic mass is 10.0. The molecule has 0 bridgehead atoms. The van der Waals surface area contributed by atoms with Gasteiger partial charge in [0.2, 0.25) is 0 Å². The topological polar surface area (TPSA) is 55.8 Å². The van der Waals surface area contributed by atoms with E-state index in [1.54, 1.807) is 12.2 Å². The number of thioether (sulfide) groups is 1. The second-order valence-corrected chi connectivity index (χ2v) is 8.67. The van der Waals surface area contributed by atoms with Gasteiger partial charge in [0, 0.05) is 10.0 Å². The van der Waals surface area contributed by atoms with Crippen molar-refractivity contribution < 1.29 is 19.1 Å². The molecule has 2 amide bonds. The van der Waals surface area contributed by atoms with Gasteiger partial charge in [-0.2, -0.15) is 0 Å². The number of benzene rings is 2. The van der Waals surface area contributed by atoms with E-state index >= 15 is 0 Å². The minimum Gasteiger partial charge on any atom is -0.490 e. The second kappa shape index (κ2) is 10.7. The van der Waals surface area contributed by atoms with Crippen LogP contribution in [-0.2, 0) is 17.8 Å². The zero-order valence-electron chi connectivity index (χ0n) is 17.5. The summed E-state index contributed by atoms with van der Waals surface area (Å²) in [6, 6.07) is 11.3. The van der Waals surface area contributed by atoms with Crippen LogP contribution in [0, 0.1) is 0 Å². The Morgan fingerprint density at radius 3 is 2.45 bits per heavy atom. The molecule has 1 aliphatic rings. The van der Waals surface area contributed by atoms with E-state index in [1.807, 2.05) is 50.2 Å². The minimum atomic E-state index is -0.296. The van der Waals surface area contributed by atoms with Gasteiger partial charge in [0.05, 0.1) is 24.7 Å². The van der Waals surface area contributed by atoms with Crippen LogP contribution in [0.5, 0.6) is 11.5 Å². The van der Waals surface area contributed by atoms with E-state index in [1.165, 1.54) is 4.90 Å². The fourth-order valence-electron chi connectivity index (χ4n) is 3.20. The van der Waals surface area contributed by atoms with Crippen LogP contribution in [0.4, 0.5) is 4.79 Å². The minimum absolute atomic E-state index is 0.241. The molecule has 3 rings (SSSR count). The predicted molar refractivity (Wildman–Crippen MR) is 128 cm³/mol. The van der Waals surface area contributed by atoms with E-state index in [2.05, 4.69) is 22.5 Å². The second-order valence-electron chi connectivity index (χ2n) is 6.76. The highest BCUT2D eigenvalue weighted by molar-refractivity contribution is 9.10. The number of rotatable bonds is 9. The molecule has 1 saturated heterocycles. The molecule has 1 aliphatic heterocycles. The molecule has 0 unspecified atom stereocenters. The molecule has 0 N–H and O–H groups in total. The highest BCUT2D eigenvalue weighted by Crippen LogP contribution is 2.37. The van der Waals surface area contributed by atoms with Gasteiger partial charge in [0.1, 0.15) is 0 Å². The average Bonchev–Trinajstić information content (AvgIpc) is 3.00. The van der Waals surface area contributed by atoms with Crippen LogP contribution in [0.15, 0.2) is 58.4 Å². The predicted octanol–water partition coefficient (Wildman–Crippen LogP) is 6.21. The third-order valence-electron chi connectivity index (χ3n) is 4.53. The quantitative estimate of drug-likeness (QED) is 0.301. The van der Waals surface area contributed by atoms with Gasteiger partial charge < -0.3 is 9.47 Å². The van der Waals surface area contributed by atoms with Crippen molar-refractivity contribution in [1.29, 1.82) is 0 Å². The molecule has 2 aromatic rings. The first-order valence-electron chi connectivity index (χ1n) is 10.00. The first kappa shape index (κ1) is 23.2. The van der Waals surface area contributed by atoms with Crippen LogP contribution < -0.4 is 9.47 Å². The number of allylic oxidation sites excluding steroid dienone is 1. The molecule has 1 fully saturated rings. The number of amides is 2. The number of halogens is 1. The Labute approximate surface area is 195 Å². The van der Waals surface area contributed by atoms with E-state index in [9.17, 15) is 9.59 Å². The maximum Gasteiger partial charge on any atom is 0.293 e. The van der Waals surface area contributed by atoms with Crippen molar-refractivity contribution in [3.8, 4) is 11.5 Å². The number of hydrogen-bond acceptors (Lipinski definition) is 5.